The Kier molecular flexibility index (Phi) is 10.4. The largest absolute Gasteiger partial charge is 0.317 e. The molecule has 0 saturated heterocycles. The van der Waals surface area contributed by atoms with Gasteiger partial charge in [-0.1, -0.05) is 13.0 Å². The zero-order valence-electron chi connectivity index (χ0n) is 8.23. The number of nitrogens with one attached hydrogen (secondary N) is 2. The van der Waals surface area contributed by atoms with E-state index in [0.717, 1.165) is 32.6 Å². The van der Waals surface area contributed by atoms with Crippen LogP contribution < -0.4 is 10.6 Å². The third-order valence-electron chi connectivity index (χ3n) is 1.66. The van der Waals surface area contributed by atoms with Crippen LogP contribution in [0.25, 0.3) is 0 Å². The second-order valence-corrected chi connectivity index (χ2v) is 2.93. The van der Waals surface area contributed by atoms with Crippen molar-refractivity contribution in [3.8, 4) is 0 Å². The Morgan fingerprint density at radius 2 is 1.75 bits per heavy atom. The molecule has 12 heavy (non-hydrogen) atoms. The van der Waals surface area contributed by atoms with Gasteiger partial charge in [0, 0.05) is 0 Å². The number of hydrogen-bond acceptors (Lipinski definition) is 2. The van der Waals surface area contributed by atoms with Gasteiger partial charge in [-0.2, -0.15) is 0 Å². The molecule has 0 aliphatic heterocycles. The van der Waals surface area contributed by atoms with E-state index < -0.39 is 0 Å². The van der Waals surface area contributed by atoms with Crippen molar-refractivity contribution >= 4 is 0 Å². The van der Waals surface area contributed by atoms with Crippen LogP contribution in [0.5, 0.6) is 0 Å². The standard InChI is InChI=1S/C10H22N2/c1-3-5-8-12-10-6-9-11-7-4-2/h3,11-12H,1,4-10H2,2H3. The van der Waals surface area contributed by atoms with Gasteiger partial charge in [0.25, 0.3) is 0 Å². The quantitative estimate of drug-likeness (QED) is 0.405. The molecule has 0 bridgehead atoms. The zero-order chi connectivity index (χ0) is 9.07. The number of rotatable bonds is 9. The molecule has 0 aliphatic rings. The van der Waals surface area contributed by atoms with Crippen molar-refractivity contribution < 1.29 is 0 Å². The molecule has 2 heteroatoms. The van der Waals surface area contributed by atoms with Crippen LogP contribution in [0.15, 0.2) is 12.7 Å². The Labute approximate surface area is 76.4 Å². The van der Waals surface area contributed by atoms with Crippen LogP contribution in [0, 0.1) is 0 Å². The summed E-state index contributed by atoms with van der Waals surface area (Å²) in [5.41, 5.74) is 0. The van der Waals surface area contributed by atoms with Gasteiger partial charge in [-0.25, -0.2) is 0 Å². The summed E-state index contributed by atoms with van der Waals surface area (Å²) in [6.07, 6.45) is 5.46. The number of hydrogen-bond donors (Lipinski definition) is 2. The molecule has 0 amide bonds. The van der Waals surface area contributed by atoms with E-state index in [4.69, 9.17) is 0 Å². The highest BCUT2D eigenvalue weighted by atomic mass is 14.9. The molecular weight excluding hydrogens is 148 g/mol. The smallest absolute Gasteiger partial charge is 0.00144 e. The van der Waals surface area contributed by atoms with Crippen molar-refractivity contribution in [1.82, 2.24) is 10.6 Å². The van der Waals surface area contributed by atoms with Crippen LogP contribution in [0.2, 0.25) is 0 Å². The van der Waals surface area contributed by atoms with Crippen LogP contribution >= 0.6 is 0 Å². The third kappa shape index (κ3) is 9.66. The van der Waals surface area contributed by atoms with Crippen molar-refractivity contribution in [3.05, 3.63) is 12.7 Å². The molecular formula is C10H22N2. The minimum atomic E-state index is 1.07. The van der Waals surface area contributed by atoms with Crippen molar-refractivity contribution in [2.45, 2.75) is 26.2 Å². The van der Waals surface area contributed by atoms with E-state index >= 15 is 0 Å². The fourth-order valence-corrected chi connectivity index (χ4v) is 0.969. The van der Waals surface area contributed by atoms with E-state index in [2.05, 4.69) is 24.1 Å². The van der Waals surface area contributed by atoms with Gasteiger partial charge in [0.15, 0.2) is 0 Å². The van der Waals surface area contributed by atoms with E-state index in [1.54, 1.807) is 0 Å². The van der Waals surface area contributed by atoms with Gasteiger partial charge < -0.3 is 10.6 Å². The maximum absolute atomic E-state index is 3.67. The Balaban J connectivity index is 2.77. The minimum absolute atomic E-state index is 1.07. The summed E-state index contributed by atoms with van der Waals surface area (Å²) in [5, 5.41) is 6.72. The third-order valence-corrected chi connectivity index (χ3v) is 1.66. The maximum Gasteiger partial charge on any atom is -0.00144 e. The Morgan fingerprint density at radius 3 is 2.33 bits per heavy atom. The highest BCUT2D eigenvalue weighted by Gasteiger charge is 1.86. The van der Waals surface area contributed by atoms with Crippen LogP contribution in [0.1, 0.15) is 26.2 Å². The van der Waals surface area contributed by atoms with E-state index in [1.165, 1.54) is 12.8 Å². The van der Waals surface area contributed by atoms with Gasteiger partial charge in [0.05, 0.1) is 0 Å². The lowest BCUT2D eigenvalue weighted by atomic mass is 10.3. The first kappa shape index (κ1) is 11.7. The monoisotopic (exact) mass is 170 g/mol. The Hall–Kier alpha value is -0.340. The van der Waals surface area contributed by atoms with Gasteiger partial charge in [0.1, 0.15) is 0 Å². The van der Waals surface area contributed by atoms with Gasteiger partial charge in [-0.15, -0.1) is 6.58 Å². The first-order valence-corrected chi connectivity index (χ1v) is 4.94. The van der Waals surface area contributed by atoms with Gasteiger partial charge in [-0.05, 0) is 45.4 Å². The van der Waals surface area contributed by atoms with E-state index in [-0.39, 0.29) is 0 Å². The van der Waals surface area contributed by atoms with Crippen molar-refractivity contribution in [1.29, 1.82) is 0 Å². The van der Waals surface area contributed by atoms with Crippen LogP contribution in [-0.2, 0) is 0 Å². The summed E-state index contributed by atoms with van der Waals surface area (Å²) in [4.78, 5) is 0. The molecule has 0 saturated carbocycles. The minimum Gasteiger partial charge on any atom is -0.317 e. The second-order valence-electron chi connectivity index (χ2n) is 2.93. The SMILES string of the molecule is C=CCCNCCCNCCC. The molecule has 0 rings (SSSR count). The maximum atomic E-state index is 3.67. The fraction of sp³-hybridized carbons (Fsp3) is 0.800. The van der Waals surface area contributed by atoms with Crippen LogP contribution in [0.3, 0.4) is 0 Å². The Morgan fingerprint density at radius 1 is 1.08 bits per heavy atom. The van der Waals surface area contributed by atoms with Gasteiger partial charge in [0.2, 0.25) is 0 Å². The summed E-state index contributed by atoms with van der Waals surface area (Å²) in [5.74, 6) is 0. The van der Waals surface area contributed by atoms with Crippen LogP contribution in [-0.4, -0.2) is 26.2 Å². The van der Waals surface area contributed by atoms with Crippen LogP contribution in [0.4, 0.5) is 0 Å². The van der Waals surface area contributed by atoms with Gasteiger partial charge in [-0.3, -0.25) is 0 Å². The summed E-state index contributed by atoms with van der Waals surface area (Å²) in [6.45, 7) is 10.3. The molecule has 0 heterocycles. The lowest BCUT2D eigenvalue weighted by Crippen LogP contribution is -2.22. The predicted molar refractivity (Wildman–Crippen MR) is 55.5 cm³/mol. The average molecular weight is 170 g/mol. The molecule has 72 valence electrons. The highest BCUT2D eigenvalue weighted by molar-refractivity contribution is 4.67. The molecule has 0 aromatic carbocycles. The zero-order valence-corrected chi connectivity index (χ0v) is 8.23. The topological polar surface area (TPSA) is 24.1 Å². The lowest BCUT2D eigenvalue weighted by Gasteiger charge is -2.03. The van der Waals surface area contributed by atoms with Gasteiger partial charge >= 0.3 is 0 Å². The Bertz CT molecular complexity index is 91.8. The first-order chi connectivity index (χ1) is 5.91. The molecule has 0 radical (unpaired) electrons. The summed E-state index contributed by atoms with van der Waals surface area (Å²) < 4.78 is 0. The normalized spacial score (nSPS) is 10.1. The highest BCUT2D eigenvalue weighted by Crippen LogP contribution is 1.78. The first-order valence-electron chi connectivity index (χ1n) is 4.94. The molecule has 0 atom stereocenters. The van der Waals surface area contributed by atoms with Crippen molar-refractivity contribution in [2.75, 3.05) is 26.2 Å². The fourth-order valence-electron chi connectivity index (χ4n) is 0.969. The summed E-state index contributed by atoms with van der Waals surface area (Å²) in [7, 11) is 0. The van der Waals surface area contributed by atoms with Crippen molar-refractivity contribution in [3.63, 3.8) is 0 Å². The molecule has 0 fully saturated rings. The molecule has 2 N–H and O–H groups in total. The molecule has 2 nitrogen and oxygen atoms in total. The summed E-state index contributed by atoms with van der Waals surface area (Å²) >= 11 is 0. The second kappa shape index (κ2) is 10.7. The lowest BCUT2D eigenvalue weighted by molar-refractivity contribution is 0.595. The molecule has 0 unspecified atom stereocenters. The van der Waals surface area contributed by atoms with E-state index in [9.17, 15) is 0 Å². The molecule has 0 aliphatic carbocycles. The molecule has 0 aromatic rings. The van der Waals surface area contributed by atoms with E-state index in [1.807, 2.05) is 6.08 Å². The van der Waals surface area contributed by atoms with Crippen molar-refractivity contribution in [2.24, 2.45) is 0 Å². The molecule has 0 aromatic heterocycles. The average Bonchev–Trinajstić information content (AvgIpc) is 2.10. The summed E-state index contributed by atoms with van der Waals surface area (Å²) in [6, 6.07) is 0. The molecule has 0 spiro atoms. The van der Waals surface area contributed by atoms with E-state index in [0.29, 0.717) is 0 Å². The predicted octanol–water partition coefficient (Wildman–Crippen LogP) is 1.54.